The van der Waals surface area contributed by atoms with Crippen LogP contribution in [-0.4, -0.2) is 29.6 Å². The van der Waals surface area contributed by atoms with Gasteiger partial charge in [0.1, 0.15) is 11.5 Å². The van der Waals surface area contributed by atoms with Gasteiger partial charge in [-0.05, 0) is 31.9 Å². The van der Waals surface area contributed by atoms with Crippen LogP contribution < -0.4 is 10.1 Å². The summed E-state index contributed by atoms with van der Waals surface area (Å²) in [4.78, 5) is 18.4. The molecule has 0 spiro atoms. The minimum absolute atomic E-state index is 0.105. The monoisotopic (exact) mass is 315 g/mol. The second kappa shape index (κ2) is 6.32. The molecular formula is C17H21N3O3. The highest BCUT2D eigenvalue weighted by Gasteiger charge is 2.23. The molecule has 2 aromatic rings. The number of hydrogen-bond donors (Lipinski definition) is 1. The number of carbonyl (C=O) groups excluding carboxylic acids is 1. The molecule has 1 aliphatic heterocycles. The van der Waals surface area contributed by atoms with Crippen molar-refractivity contribution >= 4 is 6.03 Å². The van der Waals surface area contributed by atoms with Gasteiger partial charge in [-0.2, -0.15) is 0 Å². The second-order valence-corrected chi connectivity index (χ2v) is 5.68. The number of benzene rings is 1. The van der Waals surface area contributed by atoms with Crippen molar-refractivity contribution in [2.75, 3.05) is 13.7 Å². The molecule has 3 rings (SSSR count). The first-order valence-electron chi connectivity index (χ1n) is 7.69. The van der Waals surface area contributed by atoms with E-state index < -0.39 is 0 Å². The number of amides is 2. The Labute approximate surface area is 135 Å². The van der Waals surface area contributed by atoms with Gasteiger partial charge in [-0.15, -0.1) is 0 Å². The van der Waals surface area contributed by atoms with E-state index in [2.05, 4.69) is 10.3 Å². The van der Waals surface area contributed by atoms with Crippen LogP contribution in [0.4, 0.5) is 4.79 Å². The lowest BCUT2D eigenvalue weighted by Crippen LogP contribution is -2.42. The van der Waals surface area contributed by atoms with Gasteiger partial charge >= 0.3 is 6.03 Å². The van der Waals surface area contributed by atoms with Gasteiger partial charge in [0.15, 0.2) is 0 Å². The molecule has 1 aliphatic rings. The van der Waals surface area contributed by atoms with Crippen LogP contribution in [0.3, 0.4) is 0 Å². The summed E-state index contributed by atoms with van der Waals surface area (Å²) < 4.78 is 10.9. The highest BCUT2D eigenvalue weighted by Crippen LogP contribution is 2.27. The van der Waals surface area contributed by atoms with Crippen LogP contribution in [0.1, 0.15) is 28.5 Å². The summed E-state index contributed by atoms with van der Waals surface area (Å²) in [6, 6.07) is 5.85. The lowest BCUT2D eigenvalue weighted by molar-refractivity contribution is 0.190. The number of aryl methyl sites for hydroxylation is 2. The molecule has 0 atom stereocenters. The third kappa shape index (κ3) is 3.16. The van der Waals surface area contributed by atoms with E-state index in [1.165, 1.54) is 5.56 Å². The molecule has 6 nitrogen and oxygen atoms in total. The third-order valence-electron chi connectivity index (χ3n) is 4.19. The van der Waals surface area contributed by atoms with E-state index in [-0.39, 0.29) is 6.03 Å². The standard InChI is InChI=1S/C17H21N3O3/c1-11-12(2)23-16(19-11)9-18-17(21)20-8-7-14-13(10-20)5-4-6-15(14)22-3/h4-6H,7-10H2,1-3H3,(H,18,21). The molecule has 1 aromatic carbocycles. The van der Waals surface area contributed by atoms with Gasteiger partial charge in [-0.3, -0.25) is 0 Å². The molecule has 0 unspecified atom stereocenters. The molecule has 122 valence electrons. The summed E-state index contributed by atoms with van der Waals surface area (Å²) in [5.74, 6) is 2.22. The lowest BCUT2D eigenvalue weighted by atomic mass is 9.99. The van der Waals surface area contributed by atoms with Crippen LogP contribution in [0.2, 0.25) is 0 Å². The summed E-state index contributed by atoms with van der Waals surface area (Å²) >= 11 is 0. The average molecular weight is 315 g/mol. The SMILES string of the molecule is COc1cccc2c1CCN(C(=O)NCc1nc(C)c(C)o1)C2. The third-order valence-corrected chi connectivity index (χ3v) is 4.19. The highest BCUT2D eigenvalue weighted by molar-refractivity contribution is 5.74. The van der Waals surface area contributed by atoms with Crippen molar-refractivity contribution in [1.29, 1.82) is 0 Å². The molecule has 1 N–H and O–H groups in total. The number of ether oxygens (including phenoxy) is 1. The summed E-state index contributed by atoms with van der Waals surface area (Å²) in [5, 5.41) is 2.87. The van der Waals surface area contributed by atoms with Gasteiger partial charge in [-0.25, -0.2) is 9.78 Å². The largest absolute Gasteiger partial charge is 0.496 e. The fraction of sp³-hybridized carbons (Fsp3) is 0.412. The Kier molecular flexibility index (Phi) is 4.23. The number of urea groups is 1. The second-order valence-electron chi connectivity index (χ2n) is 5.68. The van der Waals surface area contributed by atoms with Crippen LogP contribution in [0.15, 0.2) is 22.6 Å². The van der Waals surface area contributed by atoms with Gasteiger partial charge in [0, 0.05) is 18.7 Å². The zero-order valence-corrected chi connectivity index (χ0v) is 13.7. The van der Waals surface area contributed by atoms with Gasteiger partial charge < -0.3 is 19.4 Å². The number of hydrogen-bond acceptors (Lipinski definition) is 4. The van der Waals surface area contributed by atoms with Crippen molar-refractivity contribution in [1.82, 2.24) is 15.2 Å². The Balaban J connectivity index is 1.63. The molecule has 0 saturated heterocycles. The van der Waals surface area contributed by atoms with Crippen molar-refractivity contribution in [2.24, 2.45) is 0 Å². The van der Waals surface area contributed by atoms with Crippen molar-refractivity contribution in [3.8, 4) is 5.75 Å². The van der Waals surface area contributed by atoms with Crippen LogP contribution >= 0.6 is 0 Å². The van der Waals surface area contributed by atoms with Gasteiger partial charge in [0.25, 0.3) is 0 Å². The normalized spacial score (nSPS) is 13.6. The van der Waals surface area contributed by atoms with Crippen molar-refractivity contribution in [3.63, 3.8) is 0 Å². The molecule has 1 aromatic heterocycles. The number of nitrogens with zero attached hydrogens (tertiary/aromatic N) is 2. The first-order valence-corrected chi connectivity index (χ1v) is 7.69. The maximum atomic E-state index is 12.3. The zero-order chi connectivity index (χ0) is 16.4. The number of methoxy groups -OCH3 is 1. The van der Waals surface area contributed by atoms with Crippen LogP contribution in [0.5, 0.6) is 5.75 Å². The first kappa shape index (κ1) is 15.4. The maximum Gasteiger partial charge on any atom is 0.318 e. The van der Waals surface area contributed by atoms with E-state index in [4.69, 9.17) is 9.15 Å². The van der Waals surface area contributed by atoms with E-state index in [1.54, 1.807) is 12.0 Å². The minimum atomic E-state index is -0.105. The summed E-state index contributed by atoms with van der Waals surface area (Å²) in [7, 11) is 1.68. The van der Waals surface area contributed by atoms with Crippen LogP contribution in [0.25, 0.3) is 0 Å². The minimum Gasteiger partial charge on any atom is -0.496 e. The summed E-state index contributed by atoms with van der Waals surface area (Å²) in [5.41, 5.74) is 3.18. The van der Waals surface area contributed by atoms with Crippen molar-refractivity contribution < 1.29 is 13.9 Å². The van der Waals surface area contributed by atoms with Crippen molar-refractivity contribution in [2.45, 2.75) is 33.4 Å². The predicted octanol–water partition coefficient (Wildman–Crippen LogP) is 2.57. The van der Waals surface area contributed by atoms with Gasteiger partial charge in [-0.1, -0.05) is 12.1 Å². The van der Waals surface area contributed by atoms with E-state index in [9.17, 15) is 4.79 Å². The van der Waals surface area contributed by atoms with E-state index >= 15 is 0 Å². The predicted molar refractivity (Wildman–Crippen MR) is 85.3 cm³/mol. The molecule has 2 amide bonds. The molecule has 0 bridgehead atoms. The lowest BCUT2D eigenvalue weighted by Gasteiger charge is -2.29. The molecule has 2 heterocycles. The Morgan fingerprint density at radius 2 is 2.26 bits per heavy atom. The molecular weight excluding hydrogens is 294 g/mol. The molecule has 0 saturated carbocycles. The number of carbonyl (C=O) groups is 1. The van der Waals surface area contributed by atoms with Crippen molar-refractivity contribution in [3.05, 3.63) is 46.7 Å². The molecule has 0 radical (unpaired) electrons. The number of nitrogens with one attached hydrogen (secondary N) is 1. The average Bonchev–Trinajstić information content (AvgIpc) is 2.89. The molecule has 23 heavy (non-hydrogen) atoms. The quantitative estimate of drug-likeness (QED) is 0.945. The number of oxazole rings is 1. The van der Waals surface area contributed by atoms with E-state index in [0.717, 1.165) is 29.2 Å². The van der Waals surface area contributed by atoms with Crippen LogP contribution in [-0.2, 0) is 19.5 Å². The summed E-state index contributed by atoms with van der Waals surface area (Å²) in [6.45, 7) is 5.31. The Bertz CT molecular complexity index is 704. The Morgan fingerprint density at radius 1 is 1.43 bits per heavy atom. The number of fused-ring (bicyclic) bond motifs is 1. The zero-order valence-electron chi connectivity index (χ0n) is 13.7. The van der Waals surface area contributed by atoms with E-state index in [1.807, 2.05) is 32.0 Å². The smallest absolute Gasteiger partial charge is 0.318 e. The van der Waals surface area contributed by atoms with Gasteiger partial charge in [0.05, 0.1) is 19.3 Å². The molecule has 6 heteroatoms. The topological polar surface area (TPSA) is 67.6 Å². The Hall–Kier alpha value is -2.50. The van der Waals surface area contributed by atoms with E-state index in [0.29, 0.717) is 25.5 Å². The Morgan fingerprint density at radius 3 is 2.96 bits per heavy atom. The number of rotatable bonds is 3. The van der Waals surface area contributed by atoms with Gasteiger partial charge in [0.2, 0.25) is 5.89 Å². The fourth-order valence-corrected chi connectivity index (χ4v) is 2.82. The molecule has 0 fully saturated rings. The first-order chi connectivity index (χ1) is 11.1. The number of aromatic nitrogens is 1. The highest BCUT2D eigenvalue weighted by atomic mass is 16.5. The maximum absolute atomic E-state index is 12.3. The summed E-state index contributed by atoms with van der Waals surface area (Å²) in [6.07, 6.45) is 0.796. The van der Waals surface area contributed by atoms with Crippen LogP contribution in [0, 0.1) is 13.8 Å². The fourth-order valence-electron chi connectivity index (χ4n) is 2.82. The molecule has 0 aliphatic carbocycles.